The number of nitrogens with one attached hydrogen (secondary N) is 9. The molecule has 0 aromatic heterocycles. The van der Waals surface area contributed by atoms with Gasteiger partial charge in [0.1, 0.15) is 42.0 Å². The lowest BCUT2D eigenvalue weighted by molar-refractivity contribution is -0.143. The van der Waals surface area contributed by atoms with E-state index in [0.717, 1.165) is 0 Å². The number of unbranched alkanes of at least 4 members (excludes halogenated alkanes) is 2. The number of benzene rings is 3. The summed E-state index contributed by atoms with van der Waals surface area (Å²) in [6.45, 7) is 4.84. The monoisotopic (exact) mass is 1290 g/mol. The van der Waals surface area contributed by atoms with E-state index < -0.39 is 134 Å². The highest BCUT2D eigenvalue weighted by Gasteiger charge is 2.40. The molecule has 1 aliphatic rings. The average Bonchev–Trinajstić information content (AvgIpc) is 4.23. The zero-order valence-corrected chi connectivity index (χ0v) is 51.5. The van der Waals surface area contributed by atoms with Crippen molar-refractivity contribution < 1.29 is 67.8 Å². The highest BCUT2D eigenvalue weighted by molar-refractivity contribution is 9.10. The van der Waals surface area contributed by atoms with Gasteiger partial charge in [0, 0.05) is 23.1 Å². The third-order valence-electron chi connectivity index (χ3n) is 13.8. The molecule has 0 bridgehead atoms. The molecule has 11 amide bonds. The van der Waals surface area contributed by atoms with Crippen LogP contribution in [0.4, 0.5) is 5.69 Å². The van der Waals surface area contributed by atoms with Crippen LogP contribution < -0.4 is 65.1 Å². The van der Waals surface area contributed by atoms with Gasteiger partial charge in [-0.1, -0.05) is 77.4 Å². The Kier molecular flexibility index (Phi) is 30.4. The lowest BCUT2D eigenvalue weighted by Gasteiger charge is -2.31. The minimum absolute atomic E-state index is 0.0304. The zero-order valence-electron chi connectivity index (χ0n) is 49.9. The number of aliphatic hydroxyl groups excluding tert-OH is 1. The third-order valence-corrected chi connectivity index (χ3v) is 14.3. The van der Waals surface area contributed by atoms with E-state index in [1.54, 1.807) is 81.4 Å². The summed E-state index contributed by atoms with van der Waals surface area (Å²) in [5, 5.41) is 47.8. The van der Waals surface area contributed by atoms with E-state index in [9.17, 15) is 63.0 Å². The molecular weight excluding hydrogens is 1210 g/mol. The maximum atomic E-state index is 14.3. The largest absolute Gasteiger partial charge is 0.507 e. The smallest absolute Gasteiger partial charge is 0.261 e. The number of likely N-dealkylation sites (tertiary alicyclic amines) is 1. The van der Waals surface area contributed by atoms with Crippen LogP contribution in [-0.4, -0.2) is 174 Å². The van der Waals surface area contributed by atoms with Crippen molar-refractivity contribution in [2.24, 2.45) is 28.3 Å². The Bertz CT molecular complexity index is 2920. The van der Waals surface area contributed by atoms with Crippen LogP contribution in [0.15, 0.2) is 82.4 Å². The van der Waals surface area contributed by atoms with Gasteiger partial charge in [-0.25, -0.2) is 0 Å². The number of anilines is 1. The quantitative estimate of drug-likeness (QED) is 0.0195. The number of carbonyl (C=O) groups excluding carboxylic acids is 11. The molecule has 0 aliphatic carbocycles. The first kappa shape index (κ1) is 71.9. The first-order valence-electron chi connectivity index (χ1n) is 29.0. The molecule has 1 aliphatic heterocycles. The van der Waals surface area contributed by atoms with Crippen LogP contribution in [0.2, 0.25) is 0 Å². The molecular formula is C59H83BrN14O14. The standard InChI is InChI=1S/C59H83BrN14O14/c1-34(2)27-44(71-56(84)45(28-37-13-6-5-7-14-37)68-49(78)31-64-51(80)33-88-73-35(3)38-18-21-40(22-19-38)67-53(81)41-29-39(60)20-23-47(41)76)55(83)66-32-50(79)72-52(36(4)75)58(86)70-43(16-9-11-25-62)59(87)74-26-12-17-46(74)57(85)69-42(15-8-10-24-61)54(82)65-30-48(63)77/h5-7,13-14,18-23,29,34,36,42-46,52,75-76H,8-12,15-17,24-28,30-33,61-62H2,1-4H3,(H2,63,77)(H,64,80)(H,65,82)(H,66,83)(H,67,81)(H,68,78)(H,69,85)(H,70,86)(H,71,84)(H,72,79)/b73-35+/t36-,42+,43+,44+,45+,46+,52+/m1/s1. The number of hydrogen-bond acceptors (Lipinski definition) is 17. The highest BCUT2D eigenvalue weighted by Crippen LogP contribution is 2.24. The number of nitrogens with zero attached hydrogens (tertiary/aromatic N) is 2. The molecule has 28 nitrogen and oxygen atoms in total. The molecule has 1 heterocycles. The topological polar surface area (TPSA) is 439 Å². The first-order valence-corrected chi connectivity index (χ1v) is 29.8. The van der Waals surface area contributed by atoms with E-state index in [0.29, 0.717) is 65.6 Å². The van der Waals surface area contributed by atoms with E-state index in [-0.39, 0.29) is 62.4 Å². The van der Waals surface area contributed by atoms with Crippen molar-refractivity contribution >= 4 is 92.3 Å². The molecule has 88 heavy (non-hydrogen) atoms. The number of phenolic OH excluding ortho intramolecular Hbond substituents is 1. The Hall–Kier alpha value is -8.54. The number of primary amides is 1. The van der Waals surface area contributed by atoms with Crippen molar-refractivity contribution in [3.05, 3.63) is 94.0 Å². The fourth-order valence-electron chi connectivity index (χ4n) is 9.20. The van der Waals surface area contributed by atoms with Crippen molar-refractivity contribution in [3.63, 3.8) is 0 Å². The van der Waals surface area contributed by atoms with Crippen LogP contribution in [0.1, 0.15) is 107 Å². The van der Waals surface area contributed by atoms with Crippen molar-refractivity contribution in [2.45, 2.75) is 134 Å². The predicted molar refractivity (Wildman–Crippen MR) is 328 cm³/mol. The molecule has 0 radical (unpaired) electrons. The number of carbonyl (C=O) groups is 11. The van der Waals surface area contributed by atoms with Gasteiger partial charge < -0.3 is 85.0 Å². The first-order chi connectivity index (χ1) is 41.9. The molecule has 480 valence electrons. The average molecular weight is 1290 g/mol. The normalized spacial score (nSPS) is 15.0. The molecule has 0 saturated carbocycles. The van der Waals surface area contributed by atoms with Gasteiger partial charge in [0.05, 0.1) is 37.0 Å². The Morgan fingerprint density at radius 3 is 1.94 bits per heavy atom. The summed E-state index contributed by atoms with van der Waals surface area (Å²) in [5.74, 6) is -8.52. The third kappa shape index (κ3) is 24.7. The molecule has 1 fully saturated rings. The van der Waals surface area contributed by atoms with Crippen molar-refractivity contribution in [1.29, 1.82) is 0 Å². The number of aliphatic hydroxyl groups is 1. The van der Waals surface area contributed by atoms with Crippen molar-refractivity contribution in [1.82, 2.24) is 47.4 Å². The summed E-state index contributed by atoms with van der Waals surface area (Å²) in [5.41, 5.74) is 18.7. The van der Waals surface area contributed by atoms with Crippen LogP contribution in [0, 0.1) is 5.92 Å². The summed E-state index contributed by atoms with van der Waals surface area (Å²) in [6.07, 6.45) is 1.27. The maximum Gasteiger partial charge on any atom is 0.261 e. The van der Waals surface area contributed by atoms with Gasteiger partial charge in [-0.05, 0) is 132 Å². The van der Waals surface area contributed by atoms with Crippen molar-refractivity contribution in [3.8, 4) is 5.75 Å². The van der Waals surface area contributed by atoms with Gasteiger partial charge in [0.15, 0.2) is 6.61 Å². The summed E-state index contributed by atoms with van der Waals surface area (Å²) in [4.78, 5) is 153. The lowest BCUT2D eigenvalue weighted by atomic mass is 10.0. The van der Waals surface area contributed by atoms with Gasteiger partial charge >= 0.3 is 0 Å². The highest BCUT2D eigenvalue weighted by atomic mass is 79.9. The van der Waals surface area contributed by atoms with E-state index in [2.05, 4.69) is 68.9 Å². The maximum absolute atomic E-state index is 14.3. The Morgan fingerprint density at radius 1 is 0.693 bits per heavy atom. The molecule has 17 N–H and O–H groups in total. The summed E-state index contributed by atoms with van der Waals surface area (Å²) < 4.78 is 0.612. The molecule has 3 aromatic rings. The number of rotatable bonds is 36. The molecule has 1 saturated heterocycles. The van der Waals surface area contributed by atoms with Gasteiger partial charge in [0.2, 0.25) is 53.2 Å². The fourth-order valence-corrected chi connectivity index (χ4v) is 9.56. The molecule has 7 atom stereocenters. The second-order valence-corrected chi connectivity index (χ2v) is 22.4. The minimum Gasteiger partial charge on any atom is -0.507 e. The van der Waals surface area contributed by atoms with E-state index >= 15 is 0 Å². The second-order valence-electron chi connectivity index (χ2n) is 21.5. The minimum atomic E-state index is -1.65. The van der Waals surface area contributed by atoms with Gasteiger partial charge in [-0.15, -0.1) is 0 Å². The fraction of sp³-hybridized carbons (Fsp3) is 0.492. The van der Waals surface area contributed by atoms with Gasteiger partial charge in [0.25, 0.3) is 11.8 Å². The second kappa shape index (κ2) is 37.2. The van der Waals surface area contributed by atoms with E-state index in [4.69, 9.17) is 22.0 Å². The summed E-state index contributed by atoms with van der Waals surface area (Å²) >= 11 is 3.28. The number of amides is 11. The number of halogens is 1. The molecule has 4 rings (SSSR count). The van der Waals surface area contributed by atoms with Crippen LogP contribution in [-0.2, 0) is 59.2 Å². The van der Waals surface area contributed by atoms with E-state index in [1.165, 1.54) is 24.0 Å². The number of hydrogen-bond donors (Lipinski definition) is 14. The zero-order chi connectivity index (χ0) is 64.9. The van der Waals surface area contributed by atoms with Gasteiger partial charge in [-0.3, -0.25) is 52.7 Å². The van der Waals surface area contributed by atoms with E-state index in [1.807, 2.05) is 0 Å². The SMILES string of the molecule is C/C(=N\OCC(=O)NCC(=O)N[C@@H](Cc1ccccc1)C(=O)N[C@@H](CC(C)C)C(=O)NCC(=O)N[C@H](C(=O)N[C@@H](CCCCN)C(=O)N1CCC[C@H]1C(=O)N[C@@H](CCCCN)C(=O)NCC(N)=O)[C@@H](C)O)c1ccc(NC(=O)c2cc(Br)ccc2O)cc1. The Labute approximate surface area is 518 Å². The van der Waals surface area contributed by atoms with Crippen LogP contribution in [0.25, 0.3) is 0 Å². The molecule has 0 unspecified atom stereocenters. The summed E-state index contributed by atoms with van der Waals surface area (Å²) in [6, 6.07) is 12.2. The number of aromatic hydroxyl groups is 1. The molecule has 0 spiro atoms. The van der Waals surface area contributed by atoms with Crippen molar-refractivity contribution in [2.75, 3.05) is 51.2 Å². The number of nitrogens with two attached hydrogens (primary N) is 3. The number of oxime groups is 1. The van der Waals surface area contributed by atoms with Gasteiger partial charge in [-0.2, -0.15) is 0 Å². The predicted octanol–water partition coefficient (Wildman–Crippen LogP) is -0.676. The lowest BCUT2D eigenvalue weighted by Crippen LogP contribution is -2.60. The van der Waals surface area contributed by atoms with Crippen LogP contribution in [0.5, 0.6) is 5.75 Å². The molecule has 29 heteroatoms. The van der Waals surface area contributed by atoms with Crippen LogP contribution in [0.3, 0.4) is 0 Å². The Balaban J connectivity index is 1.35. The summed E-state index contributed by atoms with van der Waals surface area (Å²) in [7, 11) is 0. The van der Waals surface area contributed by atoms with Crippen LogP contribution >= 0.6 is 15.9 Å². The Morgan fingerprint density at radius 2 is 1.31 bits per heavy atom. The molecule has 3 aromatic carbocycles. The number of phenols is 1.